The number of nitrogens with zero attached hydrogens (tertiary/aromatic N) is 3. The first-order valence-corrected chi connectivity index (χ1v) is 6.16. The molecule has 7 heteroatoms. The summed E-state index contributed by atoms with van der Waals surface area (Å²) in [5, 5.41) is 4.28. The maximum atomic E-state index is 12.5. The van der Waals surface area contributed by atoms with Crippen LogP contribution in [0.1, 0.15) is 11.3 Å². The largest absolute Gasteiger partial charge is 0.416 e. The lowest BCUT2D eigenvalue weighted by molar-refractivity contribution is -0.137. The maximum absolute atomic E-state index is 12.5. The predicted octanol–water partition coefficient (Wildman–Crippen LogP) is 3.31. The van der Waals surface area contributed by atoms with Gasteiger partial charge in [-0.05, 0) is 31.2 Å². The minimum atomic E-state index is -4.35. The molecule has 3 rings (SSSR count). The summed E-state index contributed by atoms with van der Waals surface area (Å²) in [5.41, 5.74) is 7.51. The molecule has 0 aliphatic heterocycles. The van der Waals surface area contributed by atoms with Gasteiger partial charge in [-0.15, -0.1) is 5.10 Å². The normalized spacial score (nSPS) is 12.0. The van der Waals surface area contributed by atoms with E-state index in [0.717, 1.165) is 17.8 Å². The molecule has 0 aliphatic rings. The first kappa shape index (κ1) is 13.4. The van der Waals surface area contributed by atoms with Crippen LogP contribution < -0.4 is 5.73 Å². The van der Waals surface area contributed by atoms with E-state index in [1.807, 2.05) is 0 Å². The molecule has 0 atom stereocenters. The number of fused-ring (bicyclic) bond motifs is 1. The van der Waals surface area contributed by atoms with Crippen LogP contribution in [-0.4, -0.2) is 14.6 Å². The molecule has 0 saturated carbocycles. The lowest BCUT2D eigenvalue weighted by atomic mass is 10.1. The Labute approximate surface area is 118 Å². The summed E-state index contributed by atoms with van der Waals surface area (Å²) in [4.78, 5) is 4.29. The van der Waals surface area contributed by atoms with Crippen molar-refractivity contribution in [2.45, 2.75) is 13.1 Å². The Kier molecular flexibility index (Phi) is 2.86. The fraction of sp³-hybridized carbons (Fsp3) is 0.143. The van der Waals surface area contributed by atoms with E-state index in [9.17, 15) is 13.2 Å². The van der Waals surface area contributed by atoms with E-state index in [-0.39, 0.29) is 0 Å². The van der Waals surface area contributed by atoms with Gasteiger partial charge in [-0.25, -0.2) is 9.50 Å². The van der Waals surface area contributed by atoms with E-state index in [4.69, 9.17) is 5.73 Å². The number of hydrogen-bond acceptors (Lipinski definition) is 3. The van der Waals surface area contributed by atoms with Crippen molar-refractivity contribution in [2.75, 3.05) is 5.73 Å². The highest BCUT2D eigenvalue weighted by Gasteiger charge is 2.30. The summed E-state index contributed by atoms with van der Waals surface area (Å²) >= 11 is 0. The van der Waals surface area contributed by atoms with Crippen molar-refractivity contribution in [3.05, 3.63) is 47.7 Å². The third-order valence-electron chi connectivity index (χ3n) is 3.25. The average Bonchev–Trinajstić information content (AvgIpc) is 2.87. The molecule has 2 N–H and O–H groups in total. The SMILES string of the molecule is Cc1c(N)ccc2nc(-c3ccc(C(F)(F)F)cc3)nn12. The quantitative estimate of drug-likeness (QED) is 0.748. The van der Waals surface area contributed by atoms with E-state index < -0.39 is 11.7 Å². The third-order valence-corrected chi connectivity index (χ3v) is 3.25. The van der Waals surface area contributed by atoms with Gasteiger partial charge >= 0.3 is 6.18 Å². The van der Waals surface area contributed by atoms with Gasteiger partial charge in [0.25, 0.3) is 0 Å². The molecular weight excluding hydrogens is 281 g/mol. The molecule has 0 radical (unpaired) electrons. The first-order valence-electron chi connectivity index (χ1n) is 6.16. The lowest BCUT2D eigenvalue weighted by Gasteiger charge is -2.06. The number of benzene rings is 1. The molecule has 108 valence electrons. The summed E-state index contributed by atoms with van der Waals surface area (Å²) in [6, 6.07) is 8.18. The van der Waals surface area contributed by atoms with Gasteiger partial charge in [0.1, 0.15) is 0 Å². The van der Waals surface area contributed by atoms with Crippen LogP contribution in [0, 0.1) is 6.92 Å². The molecule has 3 aromatic rings. The third kappa shape index (κ3) is 2.31. The Morgan fingerprint density at radius 3 is 2.33 bits per heavy atom. The van der Waals surface area contributed by atoms with E-state index in [0.29, 0.717) is 22.7 Å². The summed E-state index contributed by atoms with van der Waals surface area (Å²) in [6.45, 7) is 1.80. The van der Waals surface area contributed by atoms with Gasteiger partial charge in [-0.2, -0.15) is 13.2 Å². The molecule has 0 saturated heterocycles. The molecule has 2 heterocycles. The van der Waals surface area contributed by atoms with Gasteiger partial charge in [0.15, 0.2) is 11.5 Å². The molecule has 1 aromatic carbocycles. The summed E-state index contributed by atoms with van der Waals surface area (Å²) in [5.74, 6) is 0.359. The average molecular weight is 292 g/mol. The van der Waals surface area contributed by atoms with E-state index in [1.165, 1.54) is 12.1 Å². The van der Waals surface area contributed by atoms with Crippen LogP contribution in [-0.2, 0) is 6.18 Å². The number of alkyl halides is 3. The Balaban J connectivity index is 2.06. The number of pyridine rings is 1. The number of aromatic nitrogens is 3. The zero-order valence-corrected chi connectivity index (χ0v) is 11.0. The monoisotopic (exact) mass is 292 g/mol. The van der Waals surface area contributed by atoms with Gasteiger partial charge in [0.05, 0.1) is 16.9 Å². The predicted molar refractivity (Wildman–Crippen MR) is 72.6 cm³/mol. The smallest absolute Gasteiger partial charge is 0.397 e. The molecule has 0 unspecified atom stereocenters. The Morgan fingerprint density at radius 1 is 1.05 bits per heavy atom. The number of aryl methyl sites for hydroxylation is 1. The standard InChI is InChI=1S/C14H11F3N4/c1-8-11(18)6-7-12-19-13(20-21(8)12)9-2-4-10(5-3-9)14(15,16)17/h2-7H,18H2,1H3. The highest BCUT2D eigenvalue weighted by molar-refractivity contribution is 5.60. The molecule has 2 aromatic heterocycles. The Morgan fingerprint density at radius 2 is 1.71 bits per heavy atom. The Hall–Kier alpha value is -2.57. The molecule has 0 spiro atoms. The minimum Gasteiger partial charge on any atom is -0.397 e. The number of nitrogens with two attached hydrogens (primary N) is 1. The summed E-state index contributed by atoms with van der Waals surface area (Å²) < 4.78 is 39.2. The van der Waals surface area contributed by atoms with Gasteiger partial charge in [0, 0.05) is 5.56 Å². The van der Waals surface area contributed by atoms with Gasteiger partial charge in [0.2, 0.25) is 0 Å². The van der Waals surface area contributed by atoms with E-state index in [1.54, 1.807) is 23.6 Å². The van der Waals surface area contributed by atoms with E-state index in [2.05, 4.69) is 10.1 Å². The van der Waals surface area contributed by atoms with Crippen LogP contribution in [0.4, 0.5) is 18.9 Å². The minimum absolute atomic E-state index is 0.359. The zero-order valence-electron chi connectivity index (χ0n) is 11.0. The van der Waals surface area contributed by atoms with Crippen LogP contribution in [0.3, 0.4) is 0 Å². The van der Waals surface area contributed by atoms with Crippen molar-refractivity contribution < 1.29 is 13.2 Å². The van der Waals surface area contributed by atoms with Crippen molar-refractivity contribution in [2.24, 2.45) is 0 Å². The summed E-state index contributed by atoms with van der Waals surface area (Å²) in [7, 11) is 0. The summed E-state index contributed by atoms with van der Waals surface area (Å²) in [6.07, 6.45) is -4.35. The second kappa shape index (κ2) is 4.47. The topological polar surface area (TPSA) is 56.2 Å². The zero-order chi connectivity index (χ0) is 15.2. The number of halogens is 3. The molecule has 0 bridgehead atoms. The Bertz CT molecular complexity index is 803. The second-order valence-corrected chi connectivity index (χ2v) is 4.65. The van der Waals surface area contributed by atoms with Crippen LogP contribution in [0.25, 0.3) is 17.0 Å². The molecule has 0 amide bonds. The number of rotatable bonds is 1. The second-order valence-electron chi connectivity index (χ2n) is 4.65. The lowest BCUT2D eigenvalue weighted by Crippen LogP contribution is -2.04. The first-order chi connectivity index (χ1) is 9.86. The molecule has 4 nitrogen and oxygen atoms in total. The van der Waals surface area contributed by atoms with Crippen molar-refractivity contribution in [1.82, 2.24) is 14.6 Å². The molecular formula is C14H11F3N4. The van der Waals surface area contributed by atoms with Gasteiger partial charge < -0.3 is 5.73 Å². The highest BCUT2D eigenvalue weighted by atomic mass is 19.4. The molecule has 0 aliphatic carbocycles. The van der Waals surface area contributed by atoms with Crippen molar-refractivity contribution in [3.8, 4) is 11.4 Å². The molecule has 0 fully saturated rings. The van der Waals surface area contributed by atoms with Crippen molar-refractivity contribution in [1.29, 1.82) is 0 Å². The van der Waals surface area contributed by atoms with Crippen LogP contribution >= 0.6 is 0 Å². The van der Waals surface area contributed by atoms with Gasteiger partial charge in [-0.3, -0.25) is 0 Å². The highest BCUT2D eigenvalue weighted by Crippen LogP contribution is 2.30. The fourth-order valence-electron chi connectivity index (χ4n) is 2.02. The number of hydrogen-bond donors (Lipinski definition) is 1. The van der Waals surface area contributed by atoms with Gasteiger partial charge in [-0.1, -0.05) is 12.1 Å². The van der Waals surface area contributed by atoms with E-state index >= 15 is 0 Å². The number of nitrogen functional groups attached to an aromatic ring is 1. The maximum Gasteiger partial charge on any atom is 0.416 e. The number of anilines is 1. The van der Waals surface area contributed by atoms with Crippen molar-refractivity contribution in [3.63, 3.8) is 0 Å². The molecule has 21 heavy (non-hydrogen) atoms. The van der Waals surface area contributed by atoms with Crippen LogP contribution in [0.15, 0.2) is 36.4 Å². The van der Waals surface area contributed by atoms with Crippen molar-refractivity contribution >= 4 is 11.3 Å². The van der Waals surface area contributed by atoms with Crippen LogP contribution in [0.2, 0.25) is 0 Å². The van der Waals surface area contributed by atoms with Crippen LogP contribution in [0.5, 0.6) is 0 Å². The fourth-order valence-corrected chi connectivity index (χ4v) is 2.02.